The molecule has 0 atom stereocenters. The van der Waals surface area contributed by atoms with Crippen LogP contribution in [0.4, 0.5) is 11.4 Å². The van der Waals surface area contributed by atoms with Crippen molar-refractivity contribution >= 4 is 17.3 Å². The summed E-state index contributed by atoms with van der Waals surface area (Å²) in [6, 6.07) is 15.6. The Hall–Kier alpha value is -3.61. The highest BCUT2D eigenvalue weighted by atomic mass is 16.6. The van der Waals surface area contributed by atoms with Crippen LogP contribution in [0.5, 0.6) is 0 Å². The molecule has 7 nitrogen and oxygen atoms in total. The predicted octanol–water partition coefficient (Wildman–Crippen LogP) is 3.23. The van der Waals surface area contributed by atoms with Gasteiger partial charge in [0, 0.05) is 17.2 Å². The fourth-order valence-electron chi connectivity index (χ4n) is 2.35. The number of nitrogens with one attached hydrogen (secondary N) is 1. The van der Waals surface area contributed by atoms with Crippen molar-refractivity contribution in [2.24, 2.45) is 0 Å². The van der Waals surface area contributed by atoms with E-state index < -0.39 is 4.92 Å². The highest BCUT2D eigenvalue weighted by molar-refractivity contribution is 5.92. The number of amides is 1. The number of anilines is 1. The van der Waals surface area contributed by atoms with Gasteiger partial charge < -0.3 is 5.32 Å². The number of hydrogen-bond donors (Lipinski definition) is 1. The Bertz CT molecular complexity index is 896. The third kappa shape index (κ3) is 4.03. The van der Waals surface area contributed by atoms with Gasteiger partial charge in [0.25, 0.3) is 5.69 Å². The largest absolute Gasteiger partial charge is 0.323 e. The van der Waals surface area contributed by atoms with Crippen molar-refractivity contribution in [2.45, 2.75) is 6.42 Å². The normalized spacial score (nSPS) is 10.2. The van der Waals surface area contributed by atoms with Gasteiger partial charge in [0.05, 0.1) is 29.4 Å². The van der Waals surface area contributed by atoms with Gasteiger partial charge in [-0.05, 0) is 0 Å². The molecule has 0 aliphatic heterocycles. The highest BCUT2D eigenvalue weighted by Gasteiger charge is 2.15. The number of hydrogen-bond acceptors (Lipinski definition) is 5. The van der Waals surface area contributed by atoms with E-state index in [2.05, 4.69) is 15.3 Å². The van der Waals surface area contributed by atoms with E-state index in [-0.39, 0.29) is 18.0 Å². The monoisotopic (exact) mass is 334 g/mol. The van der Waals surface area contributed by atoms with Gasteiger partial charge in [-0.2, -0.15) is 0 Å². The van der Waals surface area contributed by atoms with E-state index in [1.807, 2.05) is 30.3 Å². The lowest BCUT2D eigenvalue weighted by atomic mass is 10.1. The summed E-state index contributed by atoms with van der Waals surface area (Å²) in [6.45, 7) is 0. The van der Waals surface area contributed by atoms with Crippen molar-refractivity contribution in [3.8, 4) is 11.4 Å². The van der Waals surface area contributed by atoms with E-state index in [4.69, 9.17) is 0 Å². The first-order chi connectivity index (χ1) is 12.1. The maximum Gasteiger partial charge on any atom is 0.273 e. The minimum absolute atomic E-state index is 0.0756. The van der Waals surface area contributed by atoms with E-state index >= 15 is 0 Å². The van der Waals surface area contributed by atoms with Crippen molar-refractivity contribution in [1.29, 1.82) is 0 Å². The molecule has 0 bridgehead atoms. The van der Waals surface area contributed by atoms with E-state index in [0.29, 0.717) is 17.1 Å². The summed E-state index contributed by atoms with van der Waals surface area (Å²) in [5, 5.41) is 13.6. The van der Waals surface area contributed by atoms with Gasteiger partial charge in [0.1, 0.15) is 0 Å². The maximum atomic E-state index is 12.1. The smallest absolute Gasteiger partial charge is 0.273 e. The topological polar surface area (TPSA) is 98.0 Å². The minimum atomic E-state index is -0.500. The number of carbonyl (C=O) groups is 1. The summed E-state index contributed by atoms with van der Waals surface area (Å²) in [4.78, 5) is 31.1. The van der Waals surface area contributed by atoms with E-state index in [0.717, 1.165) is 5.56 Å². The number of nitro groups is 1. The lowest BCUT2D eigenvalue weighted by molar-refractivity contribution is -0.385. The Kier molecular flexibility index (Phi) is 4.75. The van der Waals surface area contributed by atoms with Gasteiger partial charge >= 0.3 is 0 Å². The van der Waals surface area contributed by atoms with Crippen LogP contribution < -0.4 is 5.32 Å². The first kappa shape index (κ1) is 16.3. The molecule has 1 N–H and O–H groups in total. The quantitative estimate of drug-likeness (QED) is 0.570. The molecular weight excluding hydrogens is 320 g/mol. The Morgan fingerprint density at radius 3 is 2.32 bits per heavy atom. The third-order valence-corrected chi connectivity index (χ3v) is 3.51. The fourth-order valence-corrected chi connectivity index (χ4v) is 2.35. The van der Waals surface area contributed by atoms with Crippen LogP contribution in [0.25, 0.3) is 11.4 Å². The fraction of sp³-hybridized carbons (Fsp3) is 0.0556. The van der Waals surface area contributed by atoms with Crippen molar-refractivity contribution in [2.75, 3.05) is 5.32 Å². The van der Waals surface area contributed by atoms with Crippen molar-refractivity contribution in [3.05, 3.63) is 82.7 Å². The highest BCUT2D eigenvalue weighted by Crippen LogP contribution is 2.19. The summed E-state index contributed by atoms with van der Waals surface area (Å²) in [5.41, 5.74) is 1.59. The van der Waals surface area contributed by atoms with Crippen LogP contribution in [0.2, 0.25) is 0 Å². The predicted molar refractivity (Wildman–Crippen MR) is 92.9 cm³/mol. The molecule has 3 rings (SSSR count). The molecule has 1 heterocycles. The zero-order chi connectivity index (χ0) is 17.6. The van der Waals surface area contributed by atoms with Crippen LogP contribution >= 0.6 is 0 Å². The van der Waals surface area contributed by atoms with Gasteiger partial charge in [-0.15, -0.1) is 0 Å². The summed E-state index contributed by atoms with van der Waals surface area (Å²) < 4.78 is 0. The number of para-hydroxylation sites is 1. The second-order valence-corrected chi connectivity index (χ2v) is 5.27. The van der Waals surface area contributed by atoms with E-state index in [9.17, 15) is 14.9 Å². The molecule has 3 aromatic rings. The number of benzene rings is 2. The molecule has 124 valence electrons. The summed E-state index contributed by atoms with van der Waals surface area (Å²) in [6.07, 6.45) is 2.91. The molecule has 1 aromatic heterocycles. The summed E-state index contributed by atoms with van der Waals surface area (Å²) in [5.74, 6) is 0.183. The van der Waals surface area contributed by atoms with Gasteiger partial charge in [-0.1, -0.05) is 48.5 Å². The molecule has 25 heavy (non-hydrogen) atoms. The molecule has 0 saturated carbocycles. The van der Waals surface area contributed by atoms with Crippen molar-refractivity contribution in [3.63, 3.8) is 0 Å². The molecule has 7 heteroatoms. The van der Waals surface area contributed by atoms with Gasteiger partial charge in [0.2, 0.25) is 5.91 Å². The third-order valence-electron chi connectivity index (χ3n) is 3.51. The van der Waals surface area contributed by atoms with E-state index in [1.165, 1.54) is 18.5 Å². The first-order valence-corrected chi connectivity index (χ1v) is 7.53. The van der Waals surface area contributed by atoms with Crippen molar-refractivity contribution < 1.29 is 9.72 Å². The number of nitrogens with zero attached hydrogens (tertiary/aromatic N) is 3. The lowest BCUT2D eigenvalue weighted by Gasteiger charge is -2.06. The van der Waals surface area contributed by atoms with Crippen LogP contribution in [0, 0.1) is 10.1 Å². The Morgan fingerprint density at radius 1 is 1.00 bits per heavy atom. The van der Waals surface area contributed by atoms with Gasteiger partial charge in [-0.25, -0.2) is 9.97 Å². The Balaban J connectivity index is 1.69. The van der Waals surface area contributed by atoms with E-state index in [1.54, 1.807) is 18.2 Å². The second kappa shape index (κ2) is 7.31. The standard InChI is InChI=1S/C18H14N4O3/c23-17(10-14-8-4-5-9-16(14)22(24)25)21-15-11-19-18(20-12-15)13-6-2-1-3-7-13/h1-9,11-12H,10H2,(H,21,23). The Labute approximate surface area is 143 Å². The molecule has 0 unspecified atom stereocenters. The summed E-state index contributed by atoms with van der Waals surface area (Å²) >= 11 is 0. The van der Waals surface area contributed by atoms with Crippen LogP contribution in [0.3, 0.4) is 0 Å². The van der Waals surface area contributed by atoms with Crippen LogP contribution in [-0.4, -0.2) is 20.8 Å². The first-order valence-electron chi connectivity index (χ1n) is 7.53. The molecule has 2 aromatic carbocycles. The average molecular weight is 334 g/mol. The number of carbonyl (C=O) groups excluding carboxylic acids is 1. The zero-order valence-electron chi connectivity index (χ0n) is 13.1. The molecule has 0 fully saturated rings. The molecule has 0 aliphatic carbocycles. The number of aromatic nitrogens is 2. The molecule has 0 saturated heterocycles. The second-order valence-electron chi connectivity index (χ2n) is 5.27. The van der Waals surface area contributed by atoms with Gasteiger partial charge in [0.15, 0.2) is 5.82 Å². The lowest BCUT2D eigenvalue weighted by Crippen LogP contribution is -2.15. The molecule has 0 aliphatic rings. The maximum absolute atomic E-state index is 12.1. The zero-order valence-corrected chi connectivity index (χ0v) is 13.1. The average Bonchev–Trinajstić information content (AvgIpc) is 2.63. The summed E-state index contributed by atoms with van der Waals surface area (Å²) in [7, 11) is 0. The van der Waals surface area contributed by atoms with Crippen LogP contribution in [0.1, 0.15) is 5.56 Å². The number of nitro benzene ring substituents is 1. The SMILES string of the molecule is O=C(Cc1ccccc1[N+](=O)[O-])Nc1cnc(-c2ccccc2)nc1. The van der Waals surface area contributed by atoms with Crippen LogP contribution in [0.15, 0.2) is 67.0 Å². The molecule has 1 amide bonds. The molecule has 0 radical (unpaired) electrons. The number of rotatable bonds is 5. The molecule has 0 spiro atoms. The van der Waals surface area contributed by atoms with Crippen LogP contribution in [-0.2, 0) is 11.2 Å². The molecular formula is C18H14N4O3. The Morgan fingerprint density at radius 2 is 1.64 bits per heavy atom. The van der Waals surface area contributed by atoms with Gasteiger partial charge in [-0.3, -0.25) is 14.9 Å². The van der Waals surface area contributed by atoms with Crippen molar-refractivity contribution in [1.82, 2.24) is 9.97 Å². The minimum Gasteiger partial charge on any atom is -0.323 e.